The first kappa shape index (κ1) is 12.6. The van der Waals surface area contributed by atoms with E-state index in [9.17, 15) is 4.79 Å². The SMILES string of the molecule is CC1(C(=O)Cc2ccccc2Cl)CCCC1N. The van der Waals surface area contributed by atoms with Crippen molar-refractivity contribution in [2.45, 2.75) is 38.6 Å². The van der Waals surface area contributed by atoms with Crippen LogP contribution in [0.25, 0.3) is 0 Å². The van der Waals surface area contributed by atoms with Gasteiger partial charge in [0.1, 0.15) is 5.78 Å². The van der Waals surface area contributed by atoms with Crippen molar-refractivity contribution in [1.29, 1.82) is 0 Å². The Kier molecular flexibility index (Phi) is 3.55. The summed E-state index contributed by atoms with van der Waals surface area (Å²) >= 11 is 6.07. The molecule has 3 heteroatoms. The molecule has 1 aromatic rings. The van der Waals surface area contributed by atoms with E-state index in [4.69, 9.17) is 17.3 Å². The van der Waals surface area contributed by atoms with Crippen molar-refractivity contribution in [2.75, 3.05) is 0 Å². The molecule has 1 saturated carbocycles. The van der Waals surface area contributed by atoms with Gasteiger partial charge in [-0.1, -0.05) is 43.1 Å². The Labute approximate surface area is 107 Å². The predicted molar refractivity (Wildman–Crippen MR) is 70.1 cm³/mol. The second-order valence-corrected chi connectivity index (χ2v) is 5.51. The van der Waals surface area contributed by atoms with Crippen LogP contribution in [-0.2, 0) is 11.2 Å². The van der Waals surface area contributed by atoms with Gasteiger partial charge in [0.25, 0.3) is 0 Å². The third-order valence-electron chi connectivity index (χ3n) is 3.98. The van der Waals surface area contributed by atoms with Gasteiger partial charge in [0, 0.05) is 22.9 Å². The van der Waals surface area contributed by atoms with Crippen LogP contribution in [0, 0.1) is 5.41 Å². The quantitative estimate of drug-likeness (QED) is 0.898. The number of hydrogen-bond donors (Lipinski definition) is 1. The molecule has 92 valence electrons. The second-order valence-electron chi connectivity index (χ2n) is 5.11. The Morgan fingerprint density at radius 3 is 2.82 bits per heavy atom. The highest BCUT2D eigenvalue weighted by Gasteiger charge is 2.42. The highest BCUT2D eigenvalue weighted by Crippen LogP contribution is 2.38. The lowest BCUT2D eigenvalue weighted by Gasteiger charge is -2.27. The maximum Gasteiger partial charge on any atom is 0.144 e. The van der Waals surface area contributed by atoms with Gasteiger partial charge in [0.2, 0.25) is 0 Å². The van der Waals surface area contributed by atoms with Gasteiger partial charge in [0.15, 0.2) is 0 Å². The van der Waals surface area contributed by atoms with Gasteiger partial charge in [-0.3, -0.25) is 4.79 Å². The minimum Gasteiger partial charge on any atom is -0.327 e. The number of nitrogens with two attached hydrogens (primary N) is 1. The molecule has 17 heavy (non-hydrogen) atoms. The molecular weight excluding hydrogens is 234 g/mol. The summed E-state index contributed by atoms with van der Waals surface area (Å²) in [5, 5.41) is 0.663. The zero-order valence-electron chi connectivity index (χ0n) is 10.1. The normalized spacial score (nSPS) is 28.3. The van der Waals surface area contributed by atoms with E-state index in [0.29, 0.717) is 11.4 Å². The third-order valence-corrected chi connectivity index (χ3v) is 4.34. The number of benzene rings is 1. The van der Waals surface area contributed by atoms with Crippen molar-refractivity contribution in [1.82, 2.24) is 0 Å². The van der Waals surface area contributed by atoms with E-state index >= 15 is 0 Å². The van der Waals surface area contributed by atoms with Crippen LogP contribution in [0.4, 0.5) is 0 Å². The topological polar surface area (TPSA) is 43.1 Å². The largest absolute Gasteiger partial charge is 0.327 e. The maximum atomic E-state index is 12.4. The van der Waals surface area contributed by atoms with E-state index in [1.165, 1.54) is 0 Å². The smallest absolute Gasteiger partial charge is 0.144 e. The lowest BCUT2D eigenvalue weighted by Crippen LogP contribution is -2.41. The Morgan fingerprint density at radius 2 is 2.24 bits per heavy atom. The number of ketones is 1. The van der Waals surface area contributed by atoms with Crippen molar-refractivity contribution in [3.05, 3.63) is 34.9 Å². The van der Waals surface area contributed by atoms with E-state index in [1.807, 2.05) is 31.2 Å². The molecular formula is C14H18ClNO. The van der Waals surface area contributed by atoms with E-state index in [-0.39, 0.29) is 17.2 Å². The first-order valence-electron chi connectivity index (χ1n) is 6.06. The van der Waals surface area contributed by atoms with Crippen molar-refractivity contribution < 1.29 is 4.79 Å². The lowest BCUT2D eigenvalue weighted by atomic mass is 9.78. The molecule has 0 radical (unpaired) electrons. The summed E-state index contributed by atoms with van der Waals surface area (Å²) in [7, 11) is 0. The number of rotatable bonds is 3. The standard InChI is InChI=1S/C14H18ClNO/c1-14(8-4-7-12(14)16)13(17)9-10-5-2-3-6-11(10)15/h2-3,5-6,12H,4,7-9,16H2,1H3. The summed E-state index contributed by atoms with van der Waals surface area (Å²) in [5.74, 6) is 0.218. The summed E-state index contributed by atoms with van der Waals surface area (Å²) in [6.07, 6.45) is 3.29. The first-order chi connectivity index (χ1) is 8.04. The zero-order chi connectivity index (χ0) is 12.5. The first-order valence-corrected chi connectivity index (χ1v) is 6.44. The van der Waals surface area contributed by atoms with Gasteiger partial charge in [-0.05, 0) is 24.5 Å². The van der Waals surface area contributed by atoms with E-state index in [0.717, 1.165) is 24.8 Å². The average molecular weight is 252 g/mol. The maximum absolute atomic E-state index is 12.4. The number of carbonyl (C=O) groups is 1. The summed E-state index contributed by atoms with van der Waals surface area (Å²) < 4.78 is 0. The fourth-order valence-electron chi connectivity index (χ4n) is 2.56. The van der Waals surface area contributed by atoms with E-state index in [2.05, 4.69) is 0 Å². The molecule has 0 aromatic heterocycles. The predicted octanol–water partition coefficient (Wildman–Crippen LogP) is 2.97. The van der Waals surface area contributed by atoms with Crippen LogP contribution in [0.1, 0.15) is 31.7 Å². The van der Waals surface area contributed by atoms with Crippen LogP contribution in [0.15, 0.2) is 24.3 Å². The van der Waals surface area contributed by atoms with Gasteiger partial charge >= 0.3 is 0 Å². The van der Waals surface area contributed by atoms with Gasteiger partial charge < -0.3 is 5.73 Å². The molecule has 1 aromatic carbocycles. The molecule has 2 N–H and O–H groups in total. The van der Waals surface area contributed by atoms with Crippen LogP contribution >= 0.6 is 11.6 Å². The summed E-state index contributed by atoms with van der Waals surface area (Å²) in [4.78, 5) is 12.4. The third kappa shape index (κ3) is 2.38. The molecule has 1 fully saturated rings. The Bertz CT molecular complexity index is 432. The molecule has 2 rings (SSSR count). The molecule has 1 aliphatic rings. The molecule has 0 amide bonds. The Balaban J connectivity index is 2.15. The van der Waals surface area contributed by atoms with Gasteiger partial charge in [-0.25, -0.2) is 0 Å². The minimum absolute atomic E-state index is 0.00233. The minimum atomic E-state index is -0.362. The Morgan fingerprint density at radius 1 is 1.53 bits per heavy atom. The summed E-state index contributed by atoms with van der Waals surface area (Å²) in [6.45, 7) is 1.99. The van der Waals surface area contributed by atoms with Crippen LogP contribution < -0.4 is 5.73 Å². The van der Waals surface area contributed by atoms with Crippen molar-refractivity contribution in [3.63, 3.8) is 0 Å². The molecule has 0 bridgehead atoms. The van der Waals surface area contributed by atoms with Gasteiger partial charge in [0.05, 0.1) is 0 Å². The number of carbonyl (C=O) groups excluding carboxylic acids is 1. The van der Waals surface area contributed by atoms with Gasteiger partial charge in [-0.15, -0.1) is 0 Å². The molecule has 0 spiro atoms. The highest BCUT2D eigenvalue weighted by atomic mass is 35.5. The van der Waals surface area contributed by atoms with Crippen molar-refractivity contribution in [3.8, 4) is 0 Å². The van der Waals surface area contributed by atoms with Crippen LogP contribution in [0.2, 0.25) is 5.02 Å². The summed E-state index contributed by atoms with van der Waals surface area (Å²) in [5.41, 5.74) is 6.59. The molecule has 0 aliphatic heterocycles. The molecule has 2 unspecified atom stereocenters. The van der Waals surface area contributed by atoms with Crippen molar-refractivity contribution >= 4 is 17.4 Å². The van der Waals surface area contributed by atoms with Crippen molar-refractivity contribution in [2.24, 2.45) is 11.1 Å². The lowest BCUT2D eigenvalue weighted by molar-refractivity contribution is -0.127. The van der Waals surface area contributed by atoms with Crippen LogP contribution in [-0.4, -0.2) is 11.8 Å². The van der Waals surface area contributed by atoms with Gasteiger partial charge in [-0.2, -0.15) is 0 Å². The zero-order valence-corrected chi connectivity index (χ0v) is 10.8. The van der Waals surface area contributed by atoms with Crippen LogP contribution in [0.3, 0.4) is 0 Å². The fraction of sp³-hybridized carbons (Fsp3) is 0.500. The Hall–Kier alpha value is -0.860. The van der Waals surface area contributed by atoms with E-state index in [1.54, 1.807) is 0 Å². The number of hydrogen-bond acceptors (Lipinski definition) is 2. The molecule has 2 atom stereocenters. The monoisotopic (exact) mass is 251 g/mol. The average Bonchev–Trinajstić information content (AvgIpc) is 2.64. The summed E-state index contributed by atoms with van der Waals surface area (Å²) in [6, 6.07) is 7.51. The van der Waals surface area contributed by atoms with E-state index < -0.39 is 0 Å². The number of halogens is 1. The second kappa shape index (κ2) is 4.79. The number of Topliss-reactive ketones (excluding diaryl/α,β-unsaturated/α-hetero) is 1. The molecule has 1 aliphatic carbocycles. The van der Waals surface area contributed by atoms with Crippen LogP contribution in [0.5, 0.6) is 0 Å². The fourth-order valence-corrected chi connectivity index (χ4v) is 2.76. The molecule has 0 saturated heterocycles. The molecule has 0 heterocycles. The highest BCUT2D eigenvalue weighted by molar-refractivity contribution is 6.31. The molecule has 2 nitrogen and oxygen atoms in total.